The lowest BCUT2D eigenvalue weighted by molar-refractivity contribution is 0.0683. The monoisotopic (exact) mass is 820 g/mol. The molecule has 294 valence electrons. The van der Waals surface area contributed by atoms with E-state index in [2.05, 4.69) is 10.6 Å². The van der Waals surface area contributed by atoms with E-state index in [1.807, 2.05) is 31.2 Å². The third-order valence-electron chi connectivity index (χ3n) is 8.65. The van der Waals surface area contributed by atoms with Crippen LogP contribution in [0.4, 0.5) is 5.69 Å². The maximum absolute atomic E-state index is 13.6. The molecule has 14 nitrogen and oxygen atoms in total. The van der Waals surface area contributed by atoms with E-state index in [0.717, 1.165) is 42.0 Å². The van der Waals surface area contributed by atoms with Gasteiger partial charge in [-0.05, 0) is 128 Å². The first-order chi connectivity index (χ1) is 27.6. The number of carbonyl (C=O) groups excluding carboxylic acids is 2. The quantitative estimate of drug-likeness (QED) is 0.0905. The molecule has 0 aliphatic carbocycles. The number of hydrogen-bond acceptors (Lipinski definition) is 10. The molecule has 0 saturated carbocycles. The zero-order valence-electron chi connectivity index (χ0n) is 30.5. The van der Waals surface area contributed by atoms with Crippen LogP contribution in [0.5, 0.6) is 23.0 Å². The average molecular weight is 821 g/mol. The Kier molecular flexibility index (Phi) is 11.4. The van der Waals surface area contributed by atoms with E-state index < -0.39 is 75.5 Å². The molecule has 6 aromatic carbocycles. The molecule has 0 atom stereocenters. The Balaban J connectivity index is 1.14. The van der Waals surface area contributed by atoms with Crippen LogP contribution >= 0.6 is 0 Å². The molecule has 0 saturated heterocycles. The predicted octanol–water partition coefficient (Wildman–Crippen LogP) is 7.25. The number of carbonyl (C=O) groups is 4. The van der Waals surface area contributed by atoms with Gasteiger partial charge in [-0.1, -0.05) is 17.7 Å². The molecule has 0 unspecified atom stereocenters. The van der Waals surface area contributed by atoms with Gasteiger partial charge in [0.1, 0.15) is 23.0 Å². The minimum Gasteiger partial charge on any atom is -0.478 e. The molecule has 0 spiro atoms. The van der Waals surface area contributed by atoms with Crippen molar-refractivity contribution in [1.82, 2.24) is 5.32 Å². The van der Waals surface area contributed by atoms with E-state index >= 15 is 0 Å². The first kappa shape index (κ1) is 40.4. The lowest BCUT2D eigenvalue weighted by atomic mass is 10.1. The summed E-state index contributed by atoms with van der Waals surface area (Å²) in [5, 5.41) is 24.0. The number of rotatable bonds is 13. The summed E-state index contributed by atoms with van der Waals surface area (Å²) >= 11 is 0. The second-order valence-corrected chi connectivity index (χ2v) is 16.4. The van der Waals surface area contributed by atoms with Crippen molar-refractivity contribution in [2.45, 2.75) is 26.5 Å². The first-order valence-corrected chi connectivity index (χ1v) is 20.0. The smallest absolute Gasteiger partial charge is 0.336 e. The molecule has 0 fully saturated rings. The summed E-state index contributed by atoms with van der Waals surface area (Å²) in [5.74, 6) is -3.06. The number of anilines is 1. The Morgan fingerprint density at radius 3 is 1.21 bits per heavy atom. The number of ether oxygens (including phenoxy) is 2. The Labute approximate surface area is 332 Å². The van der Waals surface area contributed by atoms with Crippen molar-refractivity contribution in [2.75, 3.05) is 12.4 Å². The zero-order valence-corrected chi connectivity index (χ0v) is 32.1. The predicted molar refractivity (Wildman–Crippen MR) is 210 cm³/mol. The summed E-state index contributed by atoms with van der Waals surface area (Å²) in [7, 11) is -7.11. The highest BCUT2D eigenvalue weighted by atomic mass is 32.2. The molecular weight excluding hydrogens is 789 g/mol. The van der Waals surface area contributed by atoms with Crippen molar-refractivity contribution in [3.05, 3.63) is 161 Å². The van der Waals surface area contributed by atoms with Crippen molar-refractivity contribution in [3.8, 4) is 23.0 Å². The molecule has 16 heteroatoms. The van der Waals surface area contributed by atoms with Crippen molar-refractivity contribution in [2.24, 2.45) is 0 Å². The van der Waals surface area contributed by atoms with Crippen molar-refractivity contribution in [3.63, 3.8) is 0 Å². The van der Waals surface area contributed by atoms with Gasteiger partial charge < -0.3 is 30.3 Å². The number of aryl methyl sites for hydroxylation is 1. The van der Waals surface area contributed by atoms with Crippen molar-refractivity contribution in [1.29, 1.82) is 0 Å². The van der Waals surface area contributed by atoms with Gasteiger partial charge in [0, 0.05) is 12.7 Å². The number of nitrogens with one attached hydrogen (secondary N) is 2. The van der Waals surface area contributed by atoms with E-state index in [1.165, 1.54) is 67.7 Å². The first-order valence-electron chi connectivity index (χ1n) is 17.1. The molecule has 58 heavy (non-hydrogen) atoms. The van der Waals surface area contributed by atoms with Crippen LogP contribution in [0.1, 0.15) is 47.0 Å². The summed E-state index contributed by atoms with van der Waals surface area (Å²) in [6, 6.07) is 30.8. The lowest BCUT2D eigenvalue weighted by Crippen LogP contribution is -2.22. The van der Waals surface area contributed by atoms with Gasteiger partial charge in [0.05, 0.1) is 41.8 Å². The van der Waals surface area contributed by atoms with Gasteiger partial charge in [0.15, 0.2) is 0 Å². The van der Waals surface area contributed by atoms with Gasteiger partial charge in [-0.2, -0.15) is 0 Å². The highest BCUT2D eigenvalue weighted by molar-refractivity contribution is 7.91. The number of carboxylic acids is 2. The second-order valence-electron chi connectivity index (χ2n) is 12.5. The molecule has 0 aliphatic heterocycles. The van der Waals surface area contributed by atoms with Crippen LogP contribution in [0.25, 0.3) is 0 Å². The summed E-state index contributed by atoms with van der Waals surface area (Å²) < 4.78 is 65.4. The molecule has 0 heterocycles. The number of carboxylic acid groups (broad SMARTS) is 2. The highest BCUT2D eigenvalue weighted by Gasteiger charge is 2.26. The second kappa shape index (κ2) is 16.4. The summed E-state index contributed by atoms with van der Waals surface area (Å²) in [6.45, 7) is 1.96. The minimum atomic E-state index is -4.49. The van der Waals surface area contributed by atoms with Gasteiger partial charge in [0.25, 0.3) is 11.8 Å². The number of benzene rings is 6. The minimum absolute atomic E-state index is 0.0347. The van der Waals surface area contributed by atoms with Gasteiger partial charge >= 0.3 is 11.9 Å². The molecule has 6 aromatic rings. The fourth-order valence-corrected chi connectivity index (χ4v) is 8.17. The number of sulfone groups is 2. The SMILES string of the molecule is CNC(=O)c1cc(S(=O)(=O)c2ccc(C(=O)O)c(C(=O)Nc3ccc(Oc4ccc(S(=O)(=O)c5ccc(Oc6ccc(C)cc6)cc5)cc4)cc3)c2)ccc1C(=O)O. The van der Waals surface area contributed by atoms with E-state index in [9.17, 15) is 46.2 Å². The molecule has 6 rings (SSSR count). The Morgan fingerprint density at radius 2 is 0.810 bits per heavy atom. The molecule has 0 aromatic heterocycles. The van der Waals surface area contributed by atoms with E-state index in [1.54, 1.807) is 12.1 Å². The molecular formula is C42H32N2O12S2. The van der Waals surface area contributed by atoms with Gasteiger partial charge in [-0.3, -0.25) is 9.59 Å². The van der Waals surface area contributed by atoms with Crippen LogP contribution in [-0.4, -0.2) is 57.8 Å². The maximum atomic E-state index is 13.6. The van der Waals surface area contributed by atoms with Gasteiger partial charge in [0.2, 0.25) is 19.7 Å². The maximum Gasteiger partial charge on any atom is 0.336 e. The van der Waals surface area contributed by atoms with Crippen LogP contribution in [0.3, 0.4) is 0 Å². The molecule has 2 amide bonds. The Morgan fingerprint density at radius 1 is 0.466 bits per heavy atom. The fourth-order valence-electron chi connectivity index (χ4n) is 5.59. The van der Waals surface area contributed by atoms with Crippen LogP contribution in [0.15, 0.2) is 153 Å². The van der Waals surface area contributed by atoms with Gasteiger partial charge in [-0.15, -0.1) is 0 Å². The molecule has 0 radical (unpaired) electrons. The third-order valence-corrected chi connectivity index (χ3v) is 12.2. The zero-order chi connectivity index (χ0) is 41.8. The van der Waals surface area contributed by atoms with E-state index in [4.69, 9.17) is 9.47 Å². The average Bonchev–Trinajstić information content (AvgIpc) is 3.22. The van der Waals surface area contributed by atoms with Crippen LogP contribution < -0.4 is 20.1 Å². The standard InChI is InChI=1S/C42H32N2O12S2/c1-25-3-7-27(8-4-25)55-29-11-15-31(16-12-29)57(51,52)32-17-13-30(14-18-32)56-28-9-5-26(6-10-28)44-40(46)38-24-34(20-22-36(38)42(49)50)58(53,54)33-19-21-35(41(47)48)37(23-33)39(45)43-2/h3-24H,1-2H3,(H,43,45)(H,44,46)(H,47,48)(H,49,50). The van der Waals surface area contributed by atoms with Crippen LogP contribution in [0.2, 0.25) is 0 Å². The summed E-state index contributed by atoms with van der Waals surface area (Å²) in [4.78, 5) is 48.5. The van der Waals surface area contributed by atoms with Crippen LogP contribution in [0, 0.1) is 6.92 Å². The van der Waals surface area contributed by atoms with Crippen LogP contribution in [-0.2, 0) is 19.7 Å². The number of hydrogen-bond donors (Lipinski definition) is 4. The van der Waals surface area contributed by atoms with Crippen molar-refractivity contribution >= 4 is 49.1 Å². The number of aromatic carboxylic acids is 2. The third kappa shape index (κ3) is 8.72. The molecule has 0 aliphatic rings. The summed E-state index contributed by atoms with van der Waals surface area (Å²) in [6.07, 6.45) is 0. The molecule has 0 bridgehead atoms. The Hall–Kier alpha value is -7.30. The topological polar surface area (TPSA) is 220 Å². The highest BCUT2D eigenvalue weighted by Crippen LogP contribution is 2.30. The fraction of sp³-hybridized carbons (Fsp3) is 0.0476. The van der Waals surface area contributed by atoms with E-state index in [-0.39, 0.29) is 15.5 Å². The van der Waals surface area contributed by atoms with Crippen molar-refractivity contribution < 1.29 is 55.7 Å². The van der Waals surface area contributed by atoms with Gasteiger partial charge in [-0.25, -0.2) is 26.4 Å². The summed E-state index contributed by atoms with van der Waals surface area (Å²) in [5.41, 5.74) is -0.586. The molecule has 4 N–H and O–H groups in total. The largest absolute Gasteiger partial charge is 0.478 e. The Bertz CT molecular complexity index is 2790. The number of amides is 2. The van der Waals surface area contributed by atoms with E-state index in [0.29, 0.717) is 23.0 Å². The normalized spacial score (nSPS) is 11.3. The lowest BCUT2D eigenvalue weighted by Gasteiger charge is -2.13.